The van der Waals surface area contributed by atoms with Crippen LogP contribution in [0.4, 0.5) is 5.00 Å². The van der Waals surface area contributed by atoms with Crippen molar-refractivity contribution in [3.05, 3.63) is 40.4 Å². The van der Waals surface area contributed by atoms with Crippen LogP contribution < -0.4 is 5.32 Å². The number of ether oxygens (including phenoxy) is 2. The number of carbonyl (C=O) groups is 3. The lowest BCUT2D eigenvalue weighted by atomic mass is 10.1. The SMILES string of the molecule is CCOC(=O)c1sc(NC(=O)CCSc2nnc3ccccn23)c(C(=O)OCC)c1C. The maximum absolute atomic E-state index is 12.5. The molecule has 11 heteroatoms. The summed E-state index contributed by atoms with van der Waals surface area (Å²) >= 11 is 2.41. The van der Waals surface area contributed by atoms with E-state index in [2.05, 4.69) is 15.5 Å². The molecule has 9 nitrogen and oxygen atoms in total. The van der Waals surface area contributed by atoms with Gasteiger partial charge < -0.3 is 14.8 Å². The van der Waals surface area contributed by atoms with Crippen LogP contribution in [0, 0.1) is 6.92 Å². The molecule has 0 aliphatic carbocycles. The lowest BCUT2D eigenvalue weighted by molar-refractivity contribution is -0.115. The van der Waals surface area contributed by atoms with Gasteiger partial charge in [-0.15, -0.1) is 21.5 Å². The van der Waals surface area contributed by atoms with Crippen molar-refractivity contribution in [1.29, 1.82) is 0 Å². The Morgan fingerprint density at radius 3 is 2.61 bits per heavy atom. The second kappa shape index (κ2) is 10.4. The molecule has 3 rings (SSSR count). The van der Waals surface area contributed by atoms with Gasteiger partial charge in [0.2, 0.25) is 5.91 Å². The number of nitrogens with zero attached hydrogens (tertiary/aromatic N) is 3. The van der Waals surface area contributed by atoms with E-state index in [4.69, 9.17) is 9.47 Å². The van der Waals surface area contributed by atoms with Crippen LogP contribution in [0.2, 0.25) is 0 Å². The number of hydrogen-bond acceptors (Lipinski definition) is 9. The average molecular weight is 463 g/mol. The summed E-state index contributed by atoms with van der Waals surface area (Å²) in [4.78, 5) is 37.4. The Labute approximate surface area is 187 Å². The number of thiophene rings is 1. The van der Waals surface area contributed by atoms with Crippen molar-refractivity contribution in [2.45, 2.75) is 32.3 Å². The highest BCUT2D eigenvalue weighted by Gasteiger charge is 2.27. The number of carbonyl (C=O) groups excluding carboxylic acids is 3. The van der Waals surface area contributed by atoms with Crippen molar-refractivity contribution in [3.63, 3.8) is 0 Å². The van der Waals surface area contributed by atoms with Gasteiger partial charge in [-0.1, -0.05) is 17.8 Å². The van der Waals surface area contributed by atoms with Crippen LogP contribution in [0.15, 0.2) is 29.6 Å². The third-order valence-electron chi connectivity index (χ3n) is 4.18. The number of thioether (sulfide) groups is 1. The van der Waals surface area contributed by atoms with Crippen LogP contribution in [-0.2, 0) is 14.3 Å². The van der Waals surface area contributed by atoms with E-state index in [1.165, 1.54) is 11.8 Å². The monoisotopic (exact) mass is 462 g/mol. The van der Waals surface area contributed by atoms with E-state index in [-0.39, 0.29) is 41.0 Å². The second-order valence-corrected chi connectivity index (χ2v) is 8.34. The number of esters is 2. The zero-order valence-corrected chi connectivity index (χ0v) is 19.0. The van der Waals surface area contributed by atoms with Crippen molar-refractivity contribution in [3.8, 4) is 0 Å². The second-order valence-electron chi connectivity index (χ2n) is 6.26. The topological polar surface area (TPSA) is 112 Å². The van der Waals surface area contributed by atoms with Gasteiger partial charge in [-0.2, -0.15) is 0 Å². The highest BCUT2D eigenvalue weighted by molar-refractivity contribution is 7.99. The summed E-state index contributed by atoms with van der Waals surface area (Å²) in [7, 11) is 0. The van der Waals surface area contributed by atoms with Gasteiger partial charge >= 0.3 is 11.9 Å². The third kappa shape index (κ3) is 5.23. The van der Waals surface area contributed by atoms with Crippen LogP contribution in [-0.4, -0.2) is 51.4 Å². The molecule has 0 radical (unpaired) electrons. The van der Waals surface area contributed by atoms with Gasteiger partial charge in [0.1, 0.15) is 9.88 Å². The number of hydrogen-bond donors (Lipinski definition) is 1. The Morgan fingerprint density at radius 1 is 1.13 bits per heavy atom. The first kappa shape index (κ1) is 22.8. The smallest absolute Gasteiger partial charge is 0.348 e. The molecule has 0 aliphatic rings. The van der Waals surface area contributed by atoms with Gasteiger partial charge in [0.25, 0.3) is 0 Å². The van der Waals surface area contributed by atoms with E-state index >= 15 is 0 Å². The van der Waals surface area contributed by atoms with Crippen molar-refractivity contribution >= 4 is 51.6 Å². The zero-order valence-electron chi connectivity index (χ0n) is 17.3. The Hall–Kier alpha value is -2.92. The molecule has 0 unspecified atom stereocenters. The summed E-state index contributed by atoms with van der Waals surface area (Å²) in [5.41, 5.74) is 1.34. The van der Waals surface area contributed by atoms with Gasteiger partial charge in [0.05, 0.1) is 18.8 Å². The summed E-state index contributed by atoms with van der Waals surface area (Å²) in [6.45, 7) is 5.42. The Bertz CT molecular complexity index is 1110. The quantitative estimate of drug-likeness (QED) is 0.379. The summed E-state index contributed by atoms with van der Waals surface area (Å²) < 4.78 is 12.0. The summed E-state index contributed by atoms with van der Waals surface area (Å²) in [5, 5.41) is 11.9. The van der Waals surface area contributed by atoms with Crippen LogP contribution in [0.3, 0.4) is 0 Å². The molecule has 1 N–H and O–H groups in total. The molecule has 0 saturated heterocycles. The maximum atomic E-state index is 12.5. The normalized spacial score (nSPS) is 10.8. The van der Waals surface area contributed by atoms with Gasteiger partial charge in [-0.3, -0.25) is 9.20 Å². The minimum atomic E-state index is -0.591. The van der Waals surface area contributed by atoms with Crippen molar-refractivity contribution < 1.29 is 23.9 Å². The van der Waals surface area contributed by atoms with E-state index in [9.17, 15) is 14.4 Å². The third-order valence-corrected chi connectivity index (χ3v) is 6.31. The maximum Gasteiger partial charge on any atom is 0.348 e. The van der Waals surface area contributed by atoms with Crippen LogP contribution in [0.5, 0.6) is 0 Å². The molecular formula is C20H22N4O5S2. The number of rotatable bonds is 9. The summed E-state index contributed by atoms with van der Waals surface area (Å²) in [6, 6.07) is 5.60. The molecule has 1 amide bonds. The Morgan fingerprint density at radius 2 is 1.87 bits per heavy atom. The van der Waals surface area contributed by atoms with Gasteiger partial charge in [-0.25, -0.2) is 9.59 Å². The van der Waals surface area contributed by atoms with E-state index < -0.39 is 11.9 Å². The van der Waals surface area contributed by atoms with E-state index in [1.807, 2.05) is 28.8 Å². The minimum absolute atomic E-state index is 0.180. The molecule has 0 spiro atoms. The Kier molecular flexibility index (Phi) is 7.64. The summed E-state index contributed by atoms with van der Waals surface area (Å²) in [6.07, 6.45) is 2.04. The number of fused-ring (bicyclic) bond motifs is 1. The largest absolute Gasteiger partial charge is 0.462 e. The highest BCUT2D eigenvalue weighted by atomic mass is 32.2. The fourth-order valence-electron chi connectivity index (χ4n) is 2.78. The Balaban J connectivity index is 1.69. The molecule has 3 aromatic rings. The molecule has 0 saturated carbocycles. The minimum Gasteiger partial charge on any atom is -0.462 e. The van der Waals surface area contributed by atoms with Crippen molar-refractivity contribution in [1.82, 2.24) is 14.6 Å². The fraction of sp³-hybridized carbons (Fsp3) is 0.350. The van der Waals surface area contributed by atoms with Crippen molar-refractivity contribution in [2.24, 2.45) is 0 Å². The first-order valence-corrected chi connectivity index (χ1v) is 11.5. The van der Waals surface area contributed by atoms with Gasteiger partial charge in [-0.05, 0) is 38.5 Å². The predicted octanol–water partition coefficient (Wildman–Crippen LogP) is 3.57. The molecule has 0 atom stereocenters. The standard InChI is InChI=1S/C20H22N4O5S2/c1-4-28-18(26)15-12(3)16(19(27)29-5-2)31-17(15)21-14(25)9-11-30-20-23-22-13-8-6-7-10-24(13)20/h6-8,10H,4-5,9,11H2,1-3H3,(H,21,25). The van der Waals surface area contributed by atoms with Crippen LogP contribution in [0.1, 0.15) is 45.9 Å². The lowest BCUT2D eigenvalue weighted by Crippen LogP contribution is -2.15. The van der Waals surface area contributed by atoms with E-state index in [1.54, 1.807) is 20.8 Å². The zero-order chi connectivity index (χ0) is 22.4. The van der Waals surface area contributed by atoms with Crippen LogP contribution in [0.25, 0.3) is 5.65 Å². The first-order chi connectivity index (χ1) is 15.0. The molecular weight excluding hydrogens is 440 g/mol. The number of anilines is 1. The lowest BCUT2D eigenvalue weighted by Gasteiger charge is -2.07. The van der Waals surface area contributed by atoms with E-state index in [0.717, 1.165) is 17.0 Å². The highest BCUT2D eigenvalue weighted by Crippen LogP contribution is 2.34. The number of aromatic nitrogens is 3. The number of pyridine rings is 1. The average Bonchev–Trinajstić information content (AvgIpc) is 3.29. The molecule has 0 bridgehead atoms. The fourth-order valence-corrected chi connectivity index (χ4v) is 4.75. The summed E-state index contributed by atoms with van der Waals surface area (Å²) in [5.74, 6) is -0.953. The predicted molar refractivity (Wildman–Crippen MR) is 118 cm³/mol. The molecule has 0 aliphatic heterocycles. The van der Waals surface area contributed by atoms with Gasteiger partial charge in [0, 0.05) is 18.4 Å². The molecule has 3 heterocycles. The first-order valence-electron chi connectivity index (χ1n) is 9.66. The molecule has 164 valence electrons. The molecule has 0 aromatic carbocycles. The van der Waals surface area contributed by atoms with Crippen molar-refractivity contribution in [2.75, 3.05) is 24.3 Å². The van der Waals surface area contributed by atoms with Gasteiger partial charge in [0.15, 0.2) is 10.8 Å². The number of nitrogens with one attached hydrogen (secondary N) is 1. The van der Waals surface area contributed by atoms with Crippen LogP contribution >= 0.6 is 23.1 Å². The molecule has 3 aromatic heterocycles. The van der Waals surface area contributed by atoms with E-state index in [0.29, 0.717) is 16.5 Å². The molecule has 0 fully saturated rings. The number of amides is 1. The molecule has 31 heavy (non-hydrogen) atoms.